The van der Waals surface area contributed by atoms with Gasteiger partial charge in [-0.25, -0.2) is 9.97 Å². The number of fused-ring (bicyclic) bond motifs is 8. The largest absolute Gasteiger partial charge is 0.355 e. The molecule has 236 valence electrons. The molecule has 0 amide bonds. The van der Waals surface area contributed by atoms with Crippen LogP contribution >= 0.6 is 0 Å². The maximum atomic E-state index is 5.27. The summed E-state index contributed by atoms with van der Waals surface area (Å²) in [5.41, 5.74) is 14.2. The Bertz CT molecular complexity index is 2360. The average molecular weight is 672 g/mol. The Kier molecular flexibility index (Phi) is 9.29. The number of hydrogen-bond donors (Lipinski definition) is 2. The molecule has 2 aliphatic heterocycles. The minimum Gasteiger partial charge on any atom is -0.355 e. The van der Waals surface area contributed by atoms with E-state index >= 15 is 0 Å². The van der Waals surface area contributed by atoms with Crippen molar-refractivity contribution < 1.29 is 17.1 Å². The zero-order valence-corrected chi connectivity index (χ0v) is 27.6. The first kappa shape index (κ1) is 31.6. The Labute approximate surface area is 296 Å². The number of nitrogens with one attached hydrogen (secondary N) is 2. The van der Waals surface area contributed by atoms with Crippen LogP contribution in [0.1, 0.15) is 22.8 Å². The summed E-state index contributed by atoms with van der Waals surface area (Å²) >= 11 is 0. The van der Waals surface area contributed by atoms with E-state index in [0.29, 0.717) is 0 Å². The predicted octanol–water partition coefficient (Wildman–Crippen LogP) is 11.1. The molecule has 0 saturated heterocycles. The second kappa shape index (κ2) is 14.4. The molecule has 0 saturated carbocycles. The number of hydrogen-bond acceptors (Lipinski definition) is 2. The third kappa shape index (κ3) is 6.72. The van der Waals surface area contributed by atoms with Crippen molar-refractivity contribution in [3.63, 3.8) is 0 Å². The first-order valence-electron chi connectivity index (χ1n) is 16.0. The van der Waals surface area contributed by atoms with Crippen molar-refractivity contribution in [2.45, 2.75) is 0 Å². The first-order chi connectivity index (χ1) is 23.8. The van der Waals surface area contributed by atoms with Crippen LogP contribution in [0.4, 0.5) is 0 Å². The van der Waals surface area contributed by atoms with Crippen molar-refractivity contribution >= 4 is 46.4 Å². The molecule has 5 heterocycles. The quantitative estimate of drug-likeness (QED) is 0.145. The van der Waals surface area contributed by atoms with Crippen LogP contribution in [0.15, 0.2) is 152 Å². The van der Waals surface area contributed by atoms with Crippen LogP contribution in [0.2, 0.25) is 0 Å². The van der Waals surface area contributed by atoms with Crippen LogP contribution in [0, 0.1) is 6.07 Å². The van der Waals surface area contributed by atoms with Crippen molar-refractivity contribution in [3.05, 3.63) is 181 Å². The van der Waals surface area contributed by atoms with Crippen LogP contribution in [0.5, 0.6) is 0 Å². The SMILES string of the molecule is C1=Cc2nc1cc1ccc([nH]1)c(-c1ccccc1)c1nc(c(-c3ccccc3)c3ccc([nH]3)c2-c2ccccc2)C=C1.[Fe].[c-]1ccccc1. The third-order valence-electron chi connectivity index (χ3n) is 8.37. The monoisotopic (exact) mass is 671 g/mol. The van der Waals surface area contributed by atoms with Crippen LogP contribution in [-0.2, 0) is 17.1 Å². The van der Waals surface area contributed by atoms with E-state index in [-0.39, 0.29) is 17.1 Å². The fourth-order valence-electron chi connectivity index (χ4n) is 6.21. The third-order valence-corrected chi connectivity index (χ3v) is 8.37. The number of rotatable bonds is 3. The van der Waals surface area contributed by atoms with Crippen molar-refractivity contribution in [2.24, 2.45) is 0 Å². The molecule has 8 bridgehead atoms. The van der Waals surface area contributed by atoms with Gasteiger partial charge in [-0.2, -0.15) is 36.4 Å². The van der Waals surface area contributed by atoms with Gasteiger partial charge in [-0.15, -0.1) is 0 Å². The number of H-pyrrole nitrogens is 2. The van der Waals surface area contributed by atoms with Crippen LogP contribution in [0.25, 0.3) is 79.8 Å². The smallest absolute Gasteiger partial charge is 0.0737 e. The molecule has 3 aromatic heterocycles. The van der Waals surface area contributed by atoms with Crippen molar-refractivity contribution in [2.75, 3.05) is 0 Å². The minimum atomic E-state index is 0. The van der Waals surface area contributed by atoms with Gasteiger partial charge in [0.25, 0.3) is 0 Å². The fourth-order valence-corrected chi connectivity index (χ4v) is 6.21. The molecular formula is C44H31FeN4-. The van der Waals surface area contributed by atoms with E-state index in [1.807, 2.05) is 48.5 Å². The first-order valence-corrected chi connectivity index (χ1v) is 16.0. The molecule has 0 unspecified atom stereocenters. The van der Waals surface area contributed by atoms with Gasteiger partial charge in [-0.1, -0.05) is 91.0 Å². The van der Waals surface area contributed by atoms with E-state index in [9.17, 15) is 0 Å². The van der Waals surface area contributed by atoms with Crippen molar-refractivity contribution in [1.82, 2.24) is 19.9 Å². The summed E-state index contributed by atoms with van der Waals surface area (Å²) in [6, 6.07) is 54.5. The Hall–Kier alpha value is -6.00. The molecule has 4 aromatic carbocycles. The Morgan fingerprint density at radius 1 is 0.408 bits per heavy atom. The summed E-state index contributed by atoms with van der Waals surface area (Å²) in [5.74, 6) is 0. The van der Waals surface area contributed by atoms with Gasteiger partial charge in [0.2, 0.25) is 0 Å². The van der Waals surface area contributed by atoms with Gasteiger partial charge in [-0.05, 0) is 71.3 Å². The normalized spacial score (nSPS) is 11.3. The summed E-state index contributed by atoms with van der Waals surface area (Å²) in [6.07, 6.45) is 8.43. The van der Waals surface area contributed by atoms with Gasteiger partial charge in [-0.3, -0.25) is 0 Å². The summed E-state index contributed by atoms with van der Waals surface area (Å²) < 4.78 is 0. The molecule has 5 heteroatoms. The van der Waals surface area contributed by atoms with E-state index in [0.717, 1.165) is 78.2 Å². The van der Waals surface area contributed by atoms with E-state index in [2.05, 4.69) is 143 Å². The topological polar surface area (TPSA) is 57.4 Å². The van der Waals surface area contributed by atoms with E-state index < -0.39 is 0 Å². The van der Waals surface area contributed by atoms with Gasteiger partial charge >= 0.3 is 0 Å². The summed E-state index contributed by atoms with van der Waals surface area (Å²) in [7, 11) is 0. The summed E-state index contributed by atoms with van der Waals surface area (Å²) in [4.78, 5) is 17.7. The molecule has 49 heavy (non-hydrogen) atoms. The molecule has 0 radical (unpaired) electrons. The molecule has 7 aromatic rings. The van der Waals surface area contributed by atoms with Crippen LogP contribution < -0.4 is 0 Å². The average Bonchev–Trinajstić information content (AvgIpc) is 3.98. The van der Waals surface area contributed by atoms with Crippen LogP contribution in [-0.4, -0.2) is 19.9 Å². The molecule has 2 aliphatic rings. The van der Waals surface area contributed by atoms with Gasteiger partial charge in [0, 0.05) is 55.8 Å². The molecule has 4 nitrogen and oxygen atoms in total. The Morgan fingerprint density at radius 3 is 1.31 bits per heavy atom. The molecule has 0 spiro atoms. The number of aromatic amines is 2. The maximum Gasteiger partial charge on any atom is 0.0737 e. The fraction of sp³-hybridized carbons (Fsp3) is 0. The van der Waals surface area contributed by atoms with Gasteiger partial charge in [0.15, 0.2) is 0 Å². The Balaban J connectivity index is 0.000000491. The number of aromatic nitrogens is 4. The Morgan fingerprint density at radius 2 is 0.837 bits per heavy atom. The van der Waals surface area contributed by atoms with Crippen LogP contribution in [0.3, 0.4) is 0 Å². The van der Waals surface area contributed by atoms with Gasteiger partial charge in [0.1, 0.15) is 0 Å². The van der Waals surface area contributed by atoms with E-state index in [1.54, 1.807) is 0 Å². The minimum absolute atomic E-state index is 0. The molecule has 0 fully saturated rings. The van der Waals surface area contributed by atoms with E-state index in [1.165, 1.54) is 0 Å². The molecule has 0 aliphatic carbocycles. The van der Waals surface area contributed by atoms with Crippen molar-refractivity contribution in [1.29, 1.82) is 0 Å². The maximum absolute atomic E-state index is 5.27. The number of benzene rings is 4. The van der Waals surface area contributed by atoms with Crippen molar-refractivity contribution in [3.8, 4) is 33.4 Å². The summed E-state index contributed by atoms with van der Waals surface area (Å²) in [5, 5.41) is 0. The van der Waals surface area contributed by atoms with Gasteiger partial charge in [0.05, 0.1) is 22.8 Å². The van der Waals surface area contributed by atoms with Gasteiger partial charge < -0.3 is 9.97 Å². The predicted molar refractivity (Wildman–Crippen MR) is 200 cm³/mol. The molecule has 0 atom stereocenters. The second-order valence-corrected chi connectivity index (χ2v) is 11.5. The van der Waals surface area contributed by atoms with E-state index in [4.69, 9.17) is 9.97 Å². The zero-order chi connectivity index (χ0) is 32.1. The molecule has 2 N–H and O–H groups in total. The molecular weight excluding hydrogens is 640 g/mol. The number of nitrogens with zero attached hydrogens (tertiary/aromatic N) is 2. The standard InChI is InChI=1S/C38H26N4.C6H5.Fe/c1-4-10-25(11-5-1)36-30-18-16-28(39-30)24-29-17-19-31(40-29)37(26-12-6-2-7-13-26)33-21-23-35(42-33)38(27-14-8-3-9-15-27)34-22-20-32(36)41-34;1-2-4-6-5-3-1;/h1-24,39,42H;1-5H;/q;-1;. The zero-order valence-electron chi connectivity index (χ0n) is 26.5. The molecule has 9 rings (SSSR count). The second-order valence-electron chi connectivity index (χ2n) is 11.5. The summed E-state index contributed by atoms with van der Waals surface area (Å²) in [6.45, 7) is 0.